The van der Waals surface area contributed by atoms with Gasteiger partial charge in [0.1, 0.15) is 15.7 Å². The molecule has 0 aromatic heterocycles. The number of benzene rings is 1. The van der Waals surface area contributed by atoms with E-state index >= 15 is 0 Å². The molecule has 0 aliphatic heterocycles. The second-order valence-electron chi connectivity index (χ2n) is 3.79. The van der Waals surface area contributed by atoms with Crippen LogP contribution in [0.4, 0.5) is 0 Å². The van der Waals surface area contributed by atoms with E-state index in [9.17, 15) is 13.2 Å². The number of carbonyl (C=O) groups is 1. The Balaban J connectivity index is 2.88. The molecular weight excluding hydrogens is 329 g/mol. The number of carboxylic acid groups (broad SMARTS) is 1. The zero-order valence-electron chi connectivity index (χ0n) is 10.5. The Bertz CT molecular complexity index is 603. The molecule has 2 N–H and O–H groups in total. The molecule has 1 rings (SSSR count). The largest absolute Gasteiger partial charge is 0.495 e. The van der Waals surface area contributed by atoms with Crippen molar-refractivity contribution in [2.45, 2.75) is 17.7 Å². The summed E-state index contributed by atoms with van der Waals surface area (Å²) in [5, 5.41) is 8.33. The van der Waals surface area contributed by atoms with Gasteiger partial charge in [0.15, 0.2) is 0 Å². The number of ether oxygens (including phenoxy) is 1. The fraction of sp³-hybridized carbons (Fsp3) is 0.364. The van der Waals surface area contributed by atoms with Crippen molar-refractivity contribution in [3.8, 4) is 5.75 Å². The Morgan fingerprint density at radius 1 is 1.35 bits per heavy atom. The Kier molecular flexibility index (Phi) is 6.07. The smallest absolute Gasteiger partial charge is 0.303 e. The number of halogens is 2. The zero-order chi connectivity index (χ0) is 15.3. The summed E-state index contributed by atoms with van der Waals surface area (Å²) in [6, 6.07) is 2.66. The first-order valence-electron chi connectivity index (χ1n) is 5.53. The van der Waals surface area contributed by atoms with Crippen LogP contribution in [0.1, 0.15) is 12.8 Å². The third-order valence-electron chi connectivity index (χ3n) is 2.38. The second-order valence-corrected chi connectivity index (χ2v) is 6.28. The summed E-state index contributed by atoms with van der Waals surface area (Å²) in [7, 11) is -2.47. The Hall–Kier alpha value is -1.02. The van der Waals surface area contributed by atoms with E-state index in [1.54, 1.807) is 0 Å². The van der Waals surface area contributed by atoms with E-state index in [2.05, 4.69) is 4.72 Å². The summed E-state index contributed by atoms with van der Waals surface area (Å²) in [4.78, 5) is 10.2. The Labute approximate surface area is 126 Å². The molecule has 20 heavy (non-hydrogen) atoms. The first-order valence-corrected chi connectivity index (χ1v) is 7.77. The average Bonchev–Trinajstić information content (AvgIpc) is 2.37. The highest BCUT2D eigenvalue weighted by Gasteiger charge is 2.21. The zero-order valence-corrected chi connectivity index (χ0v) is 12.8. The molecule has 0 bridgehead atoms. The molecular formula is C11H13Cl2NO5S. The molecule has 0 aliphatic carbocycles. The summed E-state index contributed by atoms with van der Waals surface area (Å²) in [5.74, 6) is -0.726. The predicted octanol–water partition coefficient (Wildman–Crippen LogP) is 2.15. The number of hydrogen-bond donors (Lipinski definition) is 2. The lowest BCUT2D eigenvalue weighted by molar-refractivity contribution is -0.137. The molecule has 0 heterocycles. The number of aliphatic carboxylic acids is 1. The van der Waals surface area contributed by atoms with Crippen molar-refractivity contribution in [2.75, 3.05) is 13.7 Å². The van der Waals surface area contributed by atoms with Gasteiger partial charge in [-0.2, -0.15) is 0 Å². The van der Waals surface area contributed by atoms with Gasteiger partial charge in [-0.1, -0.05) is 23.2 Å². The van der Waals surface area contributed by atoms with Gasteiger partial charge >= 0.3 is 5.97 Å². The molecule has 0 unspecified atom stereocenters. The molecule has 6 nitrogen and oxygen atoms in total. The van der Waals surface area contributed by atoms with Crippen molar-refractivity contribution in [1.82, 2.24) is 4.72 Å². The Morgan fingerprint density at radius 3 is 2.55 bits per heavy atom. The van der Waals surface area contributed by atoms with E-state index < -0.39 is 16.0 Å². The van der Waals surface area contributed by atoms with Crippen LogP contribution in [0.2, 0.25) is 10.0 Å². The molecule has 112 valence electrons. The molecule has 9 heteroatoms. The maximum atomic E-state index is 12.0. The molecule has 0 amide bonds. The number of hydrogen-bond acceptors (Lipinski definition) is 4. The molecule has 1 aromatic rings. The van der Waals surface area contributed by atoms with E-state index in [4.69, 9.17) is 33.0 Å². The minimum atomic E-state index is -3.85. The number of sulfonamides is 1. The van der Waals surface area contributed by atoms with Gasteiger partial charge in [-0.3, -0.25) is 4.79 Å². The lowest BCUT2D eigenvalue weighted by Crippen LogP contribution is -2.25. The van der Waals surface area contributed by atoms with E-state index in [-0.39, 0.29) is 40.1 Å². The minimum absolute atomic E-state index is 0.00239. The van der Waals surface area contributed by atoms with Gasteiger partial charge in [0.05, 0.1) is 12.1 Å². The van der Waals surface area contributed by atoms with Gasteiger partial charge in [0.2, 0.25) is 10.0 Å². The topological polar surface area (TPSA) is 92.7 Å². The van der Waals surface area contributed by atoms with Crippen molar-refractivity contribution < 1.29 is 23.1 Å². The first-order chi connectivity index (χ1) is 9.29. The second kappa shape index (κ2) is 7.12. The summed E-state index contributed by atoms with van der Waals surface area (Å²) in [6.45, 7) is -0.00535. The van der Waals surface area contributed by atoms with Crippen LogP contribution in [0.3, 0.4) is 0 Å². The first kappa shape index (κ1) is 17.0. The van der Waals surface area contributed by atoms with Crippen LogP contribution >= 0.6 is 23.2 Å². The maximum Gasteiger partial charge on any atom is 0.303 e. The van der Waals surface area contributed by atoms with Crippen LogP contribution in [0, 0.1) is 0 Å². The normalized spacial score (nSPS) is 11.3. The van der Waals surface area contributed by atoms with Crippen LogP contribution in [-0.4, -0.2) is 33.1 Å². The monoisotopic (exact) mass is 341 g/mol. The predicted molar refractivity (Wildman–Crippen MR) is 75.1 cm³/mol. The van der Waals surface area contributed by atoms with Crippen molar-refractivity contribution in [3.63, 3.8) is 0 Å². The van der Waals surface area contributed by atoms with Crippen molar-refractivity contribution in [1.29, 1.82) is 0 Å². The lowest BCUT2D eigenvalue weighted by Gasteiger charge is -2.11. The maximum absolute atomic E-state index is 12.0. The standard InChI is InChI=1S/C11H13Cl2NO5S/c1-19-7-4-5-8(11(13)10(7)12)20(17,18)14-6-2-3-9(15)16/h4-5,14H,2-3,6H2,1H3,(H,15,16). The summed E-state index contributed by atoms with van der Waals surface area (Å²) < 4.78 is 31.2. The van der Waals surface area contributed by atoms with Gasteiger partial charge in [-0.05, 0) is 18.6 Å². The highest BCUT2D eigenvalue weighted by Crippen LogP contribution is 2.36. The lowest BCUT2D eigenvalue weighted by atomic mass is 10.3. The SMILES string of the molecule is COc1ccc(S(=O)(=O)NCCCC(=O)O)c(Cl)c1Cl. The summed E-state index contributed by atoms with van der Waals surface area (Å²) in [6.07, 6.45) is 0.0513. The fourth-order valence-electron chi connectivity index (χ4n) is 1.40. The van der Waals surface area contributed by atoms with Gasteiger partial charge in [-0.15, -0.1) is 0 Å². The van der Waals surface area contributed by atoms with Crippen LogP contribution < -0.4 is 9.46 Å². The molecule has 0 saturated carbocycles. The highest BCUT2D eigenvalue weighted by atomic mass is 35.5. The van der Waals surface area contributed by atoms with Gasteiger partial charge in [-0.25, -0.2) is 13.1 Å². The summed E-state index contributed by atoms with van der Waals surface area (Å²) >= 11 is 11.8. The van der Waals surface area contributed by atoms with Gasteiger partial charge < -0.3 is 9.84 Å². The van der Waals surface area contributed by atoms with Gasteiger partial charge in [0, 0.05) is 13.0 Å². The van der Waals surface area contributed by atoms with Crippen LogP contribution in [-0.2, 0) is 14.8 Å². The molecule has 0 fully saturated rings. The fourth-order valence-corrected chi connectivity index (χ4v) is 3.32. The van der Waals surface area contributed by atoms with Crippen LogP contribution in [0.5, 0.6) is 5.75 Å². The number of carboxylic acids is 1. The third kappa shape index (κ3) is 4.24. The molecule has 0 saturated heterocycles. The number of rotatable bonds is 7. The van der Waals surface area contributed by atoms with Crippen molar-refractivity contribution in [2.24, 2.45) is 0 Å². The van der Waals surface area contributed by atoms with E-state index in [0.717, 1.165) is 0 Å². The molecule has 0 atom stereocenters. The van der Waals surface area contributed by atoms with Crippen molar-refractivity contribution in [3.05, 3.63) is 22.2 Å². The Morgan fingerprint density at radius 2 is 2.00 bits per heavy atom. The van der Waals surface area contributed by atoms with Crippen LogP contribution in [0.25, 0.3) is 0 Å². The minimum Gasteiger partial charge on any atom is -0.495 e. The average molecular weight is 342 g/mol. The molecule has 1 aromatic carbocycles. The van der Waals surface area contributed by atoms with E-state index in [1.165, 1.54) is 19.2 Å². The highest BCUT2D eigenvalue weighted by molar-refractivity contribution is 7.89. The quantitative estimate of drug-likeness (QED) is 0.741. The van der Waals surface area contributed by atoms with Crippen molar-refractivity contribution >= 4 is 39.2 Å². The van der Waals surface area contributed by atoms with Gasteiger partial charge in [0.25, 0.3) is 0 Å². The molecule has 0 radical (unpaired) electrons. The van der Waals surface area contributed by atoms with Crippen LogP contribution in [0.15, 0.2) is 17.0 Å². The van der Waals surface area contributed by atoms with E-state index in [0.29, 0.717) is 0 Å². The molecule has 0 aliphatic rings. The summed E-state index contributed by atoms with van der Waals surface area (Å²) in [5.41, 5.74) is 0. The third-order valence-corrected chi connectivity index (χ3v) is 4.86. The molecule has 0 spiro atoms. The number of nitrogens with one attached hydrogen (secondary N) is 1. The number of methoxy groups -OCH3 is 1. The van der Waals surface area contributed by atoms with E-state index in [1.807, 2.05) is 0 Å².